The standard InChI is InChI=1S/C27H24Cl2FN3O2/c1-16-23(14-19-20(28)11-7-12-21(19)29)32-33(15-22(31)17-8-4-3-5-9-17)27(34)25(16)18-10-6-13-24(35-2)26(18)30/h3-13,22H,14-15,31H2,1-2H3. The maximum Gasteiger partial charge on any atom is 0.275 e. The summed E-state index contributed by atoms with van der Waals surface area (Å²) in [6.07, 6.45) is 0.254. The first-order valence-corrected chi connectivity index (χ1v) is 11.7. The third-order valence-corrected chi connectivity index (χ3v) is 6.66. The highest BCUT2D eigenvalue weighted by molar-refractivity contribution is 6.36. The molecule has 1 unspecified atom stereocenters. The molecule has 3 aromatic carbocycles. The number of hydrogen-bond donors (Lipinski definition) is 1. The van der Waals surface area contributed by atoms with Crippen LogP contribution in [0.5, 0.6) is 5.75 Å². The van der Waals surface area contributed by atoms with Gasteiger partial charge in [-0.05, 0) is 41.8 Å². The van der Waals surface area contributed by atoms with Gasteiger partial charge in [-0.25, -0.2) is 9.07 Å². The number of nitrogens with two attached hydrogens (primary N) is 1. The van der Waals surface area contributed by atoms with Crippen molar-refractivity contribution < 1.29 is 9.13 Å². The molecule has 1 heterocycles. The van der Waals surface area contributed by atoms with Gasteiger partial charge in [0, 0.05) is 28.1 Å². The van der Waals surface area contributed by atoms with Crippen LogP contribution in [0.2, 0.25) is 10.0 Å². The lowest BCUT2D eigenvalue weighted by Crippen LogP contribution is -2.32. The molecule has 0 amide bonds. The van der Waals surface area contributed by atoms with E-state index in [-0.39, 0.29) is 29.8 Å². The quantitative estimate of drug-likeness (QED) is 0.332. The van der Waals surface area contributed by atoms with E-state index in [0.717, 1.165) is 5.56 Å². The Kier molecular flexibility index (Phi) is 7.55. The van der Waals surface area contributed by atoms with Crippen molar-refractivity contribution in [2.45, 2.75) is 25.9 Å². The average Bonchev–Trinajstić information content (AvgIpc) is 2.85. The molecule has 2 N–H and O–H groups in total. The van der Waals surface area contributed by atoms with Crippen molar-refractivity contribution in [1.82, 2.24) is 9.78 Å². The van der Waals surface area contributed by atoms with Gasteiger partial charge in [-0.15, -0.1) is 0 Å². The number of methoxy groups -OCH3 is 1. The van der Waals surface area contributed by atoms with E-state index in [1.807, 2.05) is 30.3 Å². The van der Waals surface area contributed by atoms with Gasteiger partial charge in [-0.3, -0.25) is 4.79 Å². The zero-order valence-corrected chi connectivity index (χ0v) is 20.8. The Morgan fingerprint density at radius 2 is 1.69 bits per heavy atom. The van der Waals surface area contributed by atoms with Crippen molar-refractivity contribution >= 4 is 23.2 Å². The van der Waals surface area contributed by atoms with Crippen LogP contribution >= 0.6 is 23.2 Å². The fourth-order valence-electron chi connectivity index (χ4n) is 4.03. The number of aromatic nitrogens is 2. The zero-order chi connectivity index (χ0) is 25.1. The zero-order valence-electron chi connectivity index (χ0n) is 19.3. The molecule has 0 radical (unpaired) electrons. The molecule has 0 saturated carbocycles. The molecule has 0 aliphatic heterocycles. The van der Waals surface area contributed by atoms with Crippen molar-refractivity contribution in [3.8, 4) is 16.9 Å². The van der Waals surface area contributed by atoms with Crippen LogP contribution in [0.25, 0.3) is 11.1 Å². The Labute approximate surface area is 212 Å². The van der Waals surface area contributed by atoms with Gasteiger partial charge in [0.05, 0.1) is 24.9 Å². The Bertz CT molecular complexity index is 1400. The van der Waals surface area contributed by atoms with E-state index in [1.165, 1.54) is 17.9 Å². The molecule has 1 atom stereocenters. The molecule has 0 spiro atoms. The molecule has 180 valence electrons. The molecule has 0 saturated heterocycles. The molecule has 1 aromatic heterocycles. The smallest absolute Gasteiger partial charge is 0.275 e. The molecule has 35 heavy (non-hydrogen) atoms. The Hall–Kier alpha value is -3.19. The lowest BCUT2D eigenvalue weighted by Gasteiger charge is -2.19. The summed E-state index contributed by atoms with van der Waals surface area (Å²) in [7, 11) is 1.38. The molecular formula is C27H24Cl2FN3O2. The second-order valence-electron chi connectivity index (χ2n) is 8.15. The SMILES string of the molecule is COc1cccc(-c2c(C)c(Cc3c(Cl)cccc3Cl)nn(CC(N)c3ccccc3)c2=O)c1F. The van der Waals surface area contributed by atoms with Gasteiger partial charge in [-0.2, -0.15) is 5.10 Å². The van der Waals surface area contributed by atoms with Crippen LogP contribution < -0.4 is 16.0 Å². The maximum atomic E-state index is 15.3. The van der Waals surface area contributed by atoms with E-state index in [2.05, 4.69) is 5.10 Å². The van der Waals surface area contributed by atoms with Gasteiger partial charge in [0.15, 0.2) is 11.6 Å². The lowest BCUT2D eigenvalue weighted by molar-refractivity contribution is 0.387. The highest BCUT2D eigenvalue weighted by Gasteiger charge is 2.22. The molecule has 8 heteroatoms. The van der Waals surface area contributed by atoms with Crippen LogP contribution in [-0.2, 0) is 13.0 Å². The minimum atomic E-state index is -0.623. The highest BCUT2D eigenvalue weighted by atomic mass is 35.5. The topological polar surface area (TPSA) is 70.1 Å². The summed E-state index contributed by atoms with van der Waals surface area (Å²) in [5.74, 6) is -0.580. The first-order chi connectivity index (χ1) is 16.8. The Morgan fingerprint density at radius 3 is 2.34 bits per heavy atom. The predicted molar refractivity (Wildman–Crippen MR) is 138 cm³/mol. The van der Waals surface area contributed by atoms with Gasteiger partial charge >= 0.3 is 0 Å². The first kappa shape index (κ1) is 24.9. The first-order valence-electron chi connectivity index (χ1n) is 11.0. The number of halogens is 3. The van der Waals surface area contributed by atoms with Crippen LogP contribution in [0.4, 0.5) is 4.39 Å². The van der Waals surface area contributed by atoms with Gasteiger partial charge in [0.1, 0.15) is 0 Å². The van der Waals surface area contributed by atoms with E-state index >= 15 is 4.39 Å². The van der Waals surface area contributed by atoms with Crippen molar-refractivity contribution in [1.29, 1.82) is 0 Å². The van der Waals surface area contributed by atoms with E-state index in [1.54, 1.807) is 37.3 Å². The number of hydrogen-bond acceptors (Lipinski definition) is 4. The van der Waals surface area contributed by atoms with Crippen molar-refractivity contribution in [2.24, 2.45) is 5.73 Å². The van der Waals surface area contributed by atoms with E-state index in [4.69, 9.17) is 33.7 Å². The Balaban J connectivity index is 1.90. The minimum Gasteiger partial charge on any atom is -0.494 e. The fourth-order valence-corrected chi connectivity index (χ4v) is 4.56. The molecule has 5 nitrogen and oxygen atoms in total. The summed E-state index contributed by atoms with van der Waals surface area (Å²) in [5.41, 5.74) is 8.87. The molecule has 4 aromatic rings. The fraction of sp³-hybridized carbons (Fsp3) is 0.185. The van der Waals surface area contributed by atoms with Gasteiger partial charge in [-0.1, -0.05) is 71.7 Å². The third kappa shape index (κ3) is 5.10. The largest absolute Gasteiger partial charge is 0.494 e. The van der Waals surface area contributed by atoms with Crippen LogP contribution in [0.3, 0.4) is 0 Å². The van der Waals surface area contributed by atoms with Crippen molar-refractivity contribution in [3.05, 3.63) is 115 Å². The molecule has 0 aliphatic carbocycles. The summed E-state index contributed by atoms with van der Waals surface area (Å²) < 4.78 is 21.7. The summed E-state index contributed by atoms with van der Waals surface area (Å²) in [5, 5.41) is 5.58. The maximum absolute atomic E-state index is 15.3. The van der Waals surface area contributed by atoms with Crippen LogP contribution in [0, 0.1) is 12.7 Å². The monoisotopic (exact) mass is 511 g/mol. The van der Waals surface area contributed by atoms with Gasteiger partial charge in [0.2, 0.25) is 0 Å². The van der Waals surface area contributed by atoms with E-state index < -0.39 is 17.4 Å². The summed E-state index contributed by atoms with van der Waals surface area (Å²) in [6, 6.07) is 18.8. The van der Waals surface area contributed by atoms with Crippen LogP contribution in [0.1, 0.15) is 28.4 Å². The number of ether oxygens (including phenoxy) is 1. The molecule has 0 bridgehead atoms. The number of benzene rings is 3. The van der Waals surface area contributed by atoms with Gasteiger partial charge in [0.25, 0.3) is 5.56 Å². The Morgan fingerprint density at radius 1 is 1.03 bits per heavy atom. The number of rotatable bonds is 7. The molecule has 0 fully saturated rings. The second-order valence-corrected chi connectivity index (χ2v) is 8.96. The van der Waals surface area contributed by atoms with E-state index in [9.17, 15) is 4.79 Å². The lowest BCUT2D eigenvalue weighted by atomic mass is 9.97. The summed E-state index contributed by atoms with van der Waals surface area (Å²) in [4.78, 5) is 13.6. The molecule has 0 aliphatic rings. The number of nitrogens with zero attached hydrogens (tertiary/aromatic N) is 2. The van der Waals surface area contributed by atoms with Crippen LogP contribution in [-0.4, -0.2) is 16.9 Å². The van der Waals surface area contributed by atoms with Gasteiger partial charge < -0.3 is 10.5 Å². The highest BCUT2D eigenvalue weighted by Crippen LogP contribution is 2.32. The molecular weight excluding hydrogens is 488 g/mol. The van der Waals surface area contributed by atoms with E-state index in [0.29, 0.717) is 26.9 Å². The summed E-state index contributed by atoms with van der Waals surface area (Å²) >= 11 is 12.8. The third-order valence-electron chi connectivity index (χ3n) is 5.95. The predicted octanol–water partition coefficient (Wildman–Crippen LogP) is 5.96. The van der Waals surface area contributed by atoms with Crippen molar-refractivity contribution in [3.63, 3.8) is 0 Å². The summed E-state index contributed by atoms with van der Waals surface area (Å²) in [6.45, 7) is 1.84. The minimum absolute atomic E-state index is 0.0429. The average molecular weight is 512 g/mol. The van der Waals surface area contributed by atoms with Crippen molar-refractivity contribution in [2.75, 3.05) is 7.11 Å². The molecule has 4 rings (SSSR count). The second kappa shape index (κ2) is 10.6. The van der Waals surface area contributed by atoms with Crippen LogP contribution in [0.15, 0.2) is 71.5 Å². The normalized spacial score (nSPS) is 11.9.